The molecule has 0 amide bonds. The Kier molecular flexibility index (Phi) is 4.96. The van der Waals surface area contributed by atoms with E-state index in [1.165, 1.54) is 7.11 Å². The van der Waals surface area contributed by atoms with E-state index in [-0.39, 0.29) is 22.6 Å². The predicted molar refractivity (Wildman–Crippen MR) is 96.7 cm³/mol. The van der Waals surface area contributed by atoms with Crippen molar-refractivity contribution in [2.75, 3.05) is 13.4 Å². The summed E-state index contributed by atoms with van der Waals surface area (Å²) in [5.41, 5.74) is 0.793. The lowest BCUT2D eigenvalue weighted by Gasteiger charge is -2.09. The molecule has 0 saturated heterocycles. The third-order valence-electron chi connectivity index (χ3n) is 3.98. The maximum Gasteiger partial charge on any atom is 0.178 e. The summed E-state index contributed by atoms with van der Waals surface area (Å²) < 4.78 is 62.5. The van der Waals surface area contributed by atoms with E-state index >= 15 is 0 Å². The number of aromatic nitrogens is 1. The molecule has 0 saturated carbocycles. The lowest BCUT2D eigenvalue weighted by molar-refractivity contribution is 0.400. The third kappa shape index (κ3) is 3.54. The molecule has 0 spiro atoms. The molecule has 1 aromatic heterocycles. The predicted octanol–water partition coefficient (Wildman–Crippen LogP) is 4.66. The Hall–Kier alpha value is -2.45. The van der Waals surface area contributed by atoms with Crippen LogP contribution in [0.3, 0.4) is 0 Å². The minimum atomic E-state index is -3.91. The second-order valence-electron chi connectivity index (χ2n) is 5.85. The fraction of sp³-hybridized carbons (Fsp3) is 0.167. The summed E-state index contributed by atoms with van der Waals surface area (Å²) in [6.45, 7) is 1.54. The van der Waals surface area contributed by atoms with Crippen LogP contribution in [0.25, 0.3) is 22.4 Å². The van der Waals surface area contributed by atoms with Gasteiger partial charge < -0.3 is 9.26 Å². The second-order valence-corrected chi connectivity index (χ2v) is 8.24. The molecule has 0 unspecified atom stereocenters. The molecule has 0 atom stereocenters. The van der Waals surface area contributed by atoms with Gasteiger partial charge in [0, 0.05) is 17.4 Å². The van der Waals surface area contributed by atoms with Crippen LogP contribution < -0.4 is 4.74 Å². The smallest absolute Gasteiger partial charge is 0.178 e. The highest BCUT2D eigenvalue weighted by atomic mass is 35.5. The Morgan fingerprint density at radius 1 is 1.15 bits per heavy atom. The summed E-state index contributed by atoms with van der Waals surface area (Å²) in [7, 11) is -2.47. The molecule has 1 heterocycles. The van der Waals surface area contributed by atoms with Crippen LogP contribution in [-0.4, -0.2) is 26.9 Å². The molecule has 0 fully saturated rings. The Balaban J connectivity index is 2.23. The molecule has 9 heteroatoms. The van der Waals surface area contributed by atoms with E-state index in [1.807, 2.05) is 0 Å². The van der Waals surface area contributed by atoms with Crippen LogP contribution in [-0.2, 0) is 9.84 Å². The Morgan fingerprint density at radius 3 is 2.48 bits per heavy atom. The first-order valence-electron chi connectivity index (χ1n) is 7.63. The standard InChI is InChI=1S/C18H14ClF2NO4S/c1-9-17(11-7-14(21)16(8-13(11)20)27(3,23)24)18(22-26-9)10-4-5-12(19)15(6-10)25-2/h4-8H,1-3H3. The van der Waals surface area contributed by atoms with E-state index in [1.54, 1.807) is 25.1 Å². The van der Waals surface area contributed by atoms with Gasteiger partial charge in [-0.15, -0.1) is 0 Å². The van der Waals surface area contributed by atoms with Gasteiger partial charge in [-0.1, -0.05) is 22.8 Å². The molecule has 27 heavy (non-hydrogen) atoms. The van der Waals surface area contributed by atoms with Crippen molar-refractivity contribution in [3.05, 3.63) is 52.7 Å². The van der Waals surface area contributed by atoms with Gasteiger partial charge in [0.2, 0.25) is 0 Å². The normalized spacial score (nSPS) is 11.6. The van der Waals surface area contributed by atoms with E-state index < -0.39 is 26.4 Å². The molecule has 2 aromatic carbocycles. The maximum absolute atomic E-state index is 14.7. The number of ether oxygens (including phenoxy) is 1. The van der Waals surface area contributed by atoms with E-state index in [0.717, 1.165) is 12.3 Å². The highest BCUT2D eigenvalue weighted by Crippen LogP contribution is 2.39. The van der Waals surface area contributed by atoms with Gasteiger partial charge >= 0.3 is 0 Å². The zero-order valence-electron chi connectivity index (χ0n) is 14.5. The van der Waals surface area contributed by atoms with Gasteiger partial charge in [0.15, 0.2) is 9.84 Å². The molecule has 3 rings (SSSR count). The molecule has 5 nitrogen and oxygen atoms in total. The number of halogens is 3. The molecule has 3 aromatic rings. The number of rotatable bonds is 4. The molecule has 0 aliphatic rings. The van der Waals surface area contributed by atoms with E-state index in [0.29, 0.717) is 22.4 Å². The molecule has 0 N–H and O–H groups in total. The summed E-state index contributed by atoms with van der Waals surface area (Å²) in [4.78, 5) is -0.715. The van der Waals surface area contributed by atoms with E-state index in [9.17, 15) is 17.2 Å². The van der Waals surface area contributed by atoms with Crippen LogP contribution in [0, 0.1) is 18.6 Å². The largest absolute Gasteiger partial charge is 0.495 e. The van der Waals surface area contributed by atoms with Gasteiger partial charge in [-0.3, -0.25) is 0 Å². The highest BCUT2D eigenvalue weighted by molar-refractivity contribution is 7.90. The van der Waals surface area contributed by atoms with Gasteiger partial charge in [-0.2, -0.15) is 0 Å². The first-order valence-corrected chi connectivity index (χ1v) is 9.90. The van der Waals surface area contributed by atoms with Crippen LogP contribution in [0.2, 0.25) is 5.02 Å². The molecule has 142 valence electrons. The van der Waals surface area contributed by atoms with Crippen LogP contribution >= 0.6 is 11.6 Å². The minimum Gasteiger partial charge on any atom is -0.495 e. The number of hydrogen-bond donors (Lipinski definition) is 0. The number of nitrogens with zero attached hydrogens (tertiary/aromatic N) is 1. The minimum absolute atomic E-state index is 0.164. The second kappa shape index (κ2) is 6.94. The Morgan fingerprint density at radius 2 is 1.85 bits per heavy atom. The topological polar surface area (TPSA) is 69.4 Å². The zero-order valence-corrected chi connectivity index (χ0v) is 16.1. The zero-order chi connectivity index (χ0) is 19.9. The van der Waals surface area contributed by atoms with Crippen molar-refractivity contribution in [2.45, 2.75) is 11.8 Å². The lowest BCUT2D eigenvalue weighted by Crippen LogP contribution is -2.03. The van der Waals surface area contributed by atoms with Crippen molar-refractivity contribution in [3.63, 3.8) is 0 Å². The van der Waals surface area contributed by atoms with Crippen LogP contribution in [0.4, 0.5) is 8.78 Å². The molecular formula is C18H14ClF2NO4S. The van der Waals surface area contributed by atoms with Crippen LogP contribution in [0.15, 0.2) is 39.8 Å². The molecule has 0 radical (unpaired) electrons. The quantitative estimate of drug-likeness (QED) is 0.622. The van der Waals surface area contributed by atoms with E-state index in [2.05, 4.69) is 5.16 Å². The SMILES string of the molecule is COc1cc(-c2noc(C)c2-c2cc(F)c(S(C)(=O)=O)cc2F)ccc1Cl. The number of sulfone groups is 1. The van der Waals surface area contributed by atoms with Crippen LogP contribution in [0.5, 0.6) is 5.75 Å². The monoisotopic (exact) mass is 413 g/mol. The van der Waals surface area contributed by atoms with Crippen molar-refractivity contribution >= 4 is 21.4 Å². The number of methoxy groups -OCH3 is 1. The fourth-order valence-electron chi connectivity index (χ4n) is 2.70. The number of benzene rings is 2. The first-order chi connectivity index (χ1) is 12.6. The molecular weight excluding hydrogens is 400 g/mol. The average molecular weight is 414 g/mol. The average Bonchev–Trinajstić information content (AvgIpc) is 2.97. The van der Waals surface area contributed by atoms with Crippen molar-refractivity contribution in [1.82, 2.24) is 5.16 Å². The summed E-state index contributed by atoms with van der Waals surface area (Å²) in [6.07, 6.45) is 0.806. The number of hydrogen-bond acceptors (Lipinski definition) is 5. The number of aryl methyl sites for hydroxylation is 1. The fourth-order valence-corrected chi connectivity index (χ4v) is 3.62. The summed E-state index contributed by atoms with van der Waals surface area (Å²) in [5.74, 6) is -1.36. The van der Waals surface area contributed by atoms with Gasteiger partial charge in [0.25, 0.3) is 0 Å². The summed E-state index contributed by atoms with van der Waals surface area (Å²) in [6, 6.07) is 6.26. The van der Waals surface area contributed by atoms with Crippen molar-refractivity contribution in [1.29, 1.82) is 0 Å². The highest BCUT2D eigenvalue weighted by Gasteiger charge is 2.24. The molecule has 0 aliphatic carbocycles. The summed E-state index contributed by atoms with van der Waals surface area (Å²) >= 11 is 6.02. The summed E-state index contributed by atoms with van der Waals surface area (Å²) in [5, 5.41) is 4.30. The Bertz CT molecular complexity index is 1140. The van der Waals surface area contributed by atoms with Gasteiger partial charge in [-0.25, -0.2) is 17.2 Å². The van der Waals surface area contributed by atoms with Crippen LogP contribution in [0.1, 0.15) is 5.76 Å². The van der Waals surface area contributed by atoms with Gasteiger partial charge in [-0.05, 0) is 31.2 Å². The van der Waals surface area contributed by atoms with Gasteiger partial charge in [0.1, 0.15) is 33.7 Å². The first kappa shape index (κ1) is 19.3. The van der Waals surface area contributed by atoms with Gasteiger partial charge in [0.05, 0.1) is 17.7 Å². The maximum atomic E-state index is 14.7. The van der Waals surface area contributed by atoms with Crippen molar-refractivity contribution in [2.24, 2.45) is 0 Å². The molecule has 0 aliphatic heterocycles. The van der Waals surface area contributed by atoms with Crippen molar-refractivity contribution in [3.8, 4) is 28.1 Å². The third-order valence-corrected chi connectivity index (χ3v) is 5.40. The Labute approximate surface area is 159 Å². The molecule has 0 bridgehead atoms. The van der Waals surface area contributed by atoms with E-state index in [4.69, 9.17) is 20.9 Å². The van der Waals surface area contributed by atoms with Crippen molar-refractivity contribution < 1.29 is 26.5 Å². The lowest BCUT2D eigenvalue weighted by atomic mass is 9.98.